The topological polar surface area (TPSA) is 98.8 Å². The summed E-state index contributed by atoms with van der Waals surface area (Å²) in [6.45, 7) is 4.10. The van der Waals surface area contributed by atoms with Crippen LogP contribution < -0.4 is 14.9 Å². The number of aryl methyl sites for hydroxylation is 2. The molecular weight excluding hydrogens is 404 g/mol. The lowest BCUT2D eigenvalue weighted by Crippen LogP contribution is -2.08. The molecule has 0 spiro atoms. The highest BCUT2D eigenvalue weighted by molar-refractivity contribution is 7.18. The van der Waals surface area contributed by atoms with E-state index in [1.165, 1.54) is 30.6 Å². The van der Waals surface area contributed by atoms with E-state index < -0.39 is 5.97 Å². The van der Waals surface area contributed by atoms with Crippen LogP contribution in [0.15, 0.2) is 52.4 Å². The first kappa shape index (κ1) is 19.6. The van der Waals surface area contributed by atoms with E-state index in [-0.39, 0.29) is 11.5 Å². The molecule has 4 rings (SSSR count). The number of methoxy groups -OCH3 is 1. The minimum absolute atomic E-state index is 0.113. The van der Waals surface area contributed by atoms with E-state index in [0.29, 0.717) is 11.6 Å². The first-order valence-corrected chi connectivity index (χ1v) is 9.82. The Kier molecular flexibility index (Phi) is 5.44. The number of anilines is 1. The number of furan rings is 1. The number of esters is 1. The molecule has 0 radical (unpaired) electrons. The zero-order valence-electron chi connectivity index (χ0n) is 16.5. The zero-order valence-corrected chi connectivity index (χ0v) is 17.3. The number of benzene rings is 1. The van der Waals surface area contributed by atoms with E-state index in [2.05, 4.69) is 27.4 Å². The Bertz CT molecular complexity index is 1230. The highest BCUT2D eigenvalue weighted by Crippen LogP contribution is 2.32. The lowest BCUT2D eigenvalue weighted by atomic mass is 10.2. The summed E-state index contributed by atoms with van der Waals surface area (Å²) in [6, 6.07) is 8.25. The van der Waals surface area contributed by atoms with Crippen molar-refractivity contribution in [1.82, 2.24) is 9.97 Å². The molecule has 4 aromatic rings. The molecule has 0 aliphatic rings. The molecule has 3 heterocycles. The van der Waals surface area contributed by atoms with E-state index in [1.807, 2.05) is 6.92 Å². The molecule has 0 amide bonds. The summed E-state index contributed by atoms with van der Waals surface area (Å²) in [5.41, 5.74) is 4.87. The third-order valence-electron chi connectivity index (χ3n) is 4.46. The molecule has 0 atom stereocenters. The largest absolute Gasteiger partial charge is 0.493 e. The van der Waals surface area contributed by atoms with Crippen LogP contribution in [0.2, 0.25) is 0 Å². The van der Waals surface area contributed by atoms with Gasteiger partial charge in [0.2, 0.25) is 5.76 Å². The summed E-state index contributed by atoms with van der Waals surface area (Å²) in [4.78, 5) is 22.8. The number of carbonyl (C=O) groups is 1. The van der Waals surface area contributed by atoms with Gasteiger partial charge in [-0.1, -0.05) is 0 Å². The number of hydrogen-bond donors (Lipinski definition) is 1. The lowest BCUT2D eigenvalue weighted by molar-refractivity contribution is 0.0696. The van der Waals surface area contributed by atoms with Crippen LogP contribution in [0, 0.1) is 13.8 Å². The standard InChI is InChI=1S/C21H18N4O4S/c1-12-13(2)30-20-18(12)19(22-11-23-20)25-24-10-14-6-7-15(17(9-14)27-3)29-21(26)16-5-4-8-28-16/h4-11H,1-3H3,(H,22,23,25)/b24-10-. The highest BCUT2D eigenvalue weighted by Gasteiger charge is 2.15. The van der Waals surface area contributed by atoms with Crippen LogP contribution >= 0.6 is 11.3 Å². The highest BCUT2D eigenvalue weighted by atomic mass is 32.1. The Morgan fingerprint density at radius 3 is 2.87 bits per heavy atom. The maximum absolute atomic E-state index is 12.1. The maximum Gasteiger partial charge on any atom is 0.379 e. The van der Waals surface area contributed by atoms with Crippen molar-refractivity contribution in [3.8, 4) is 11.5 Å². The van der Waals surface area contributed by atoms with Gasteiger partial charge in [-0.05, 0) is 55.3 Å². The fourth-order valence-electron chi connectivity index (χ4n) is 2.83. The Morgan fingerprint density at radius 1 is 1.23 bits per heavy atom. The number of nitrogens with zero attached hydrogens (tertiary/aromatic N) is 3. The number of aromatic nitrogens is 2. The number of carbonyl (C=O) groups excluding carboxylic acids is 1. The predicted octanol–water partition coefficient (Wildman–Crippen LogP) is 4.57. The van der Waals surface area contributed by atoms with E-state index in [1.54, 1.807) is 41.8 Å². The molecule has 0 aliphatic carbocycles. The molecule has 152 valence electrons. The lowest BCUT2D eigenvalue weighted by Gasteiger charge is -2.09. The van der Waals surface area contributed by atoms with Crippen molar-refractivity contribution in [3.63, 3.8) is 0 Å². The molecule has 0 bridgehead atoms. The summed E-state index contributed by atoms with van der Waals surface area (Å²) < 4.78 is 15.7. The van der Waals surface area contributed by atoms with Crippen LogP contribution in [0.3, 0.4) is 0 Å². The molecule has 0 unspecified atom stereocenters. The van der Waals surface area contributed by atoms with Crippen LogP contribution in [-0.4, -0.2) is 29.3 Å². The van der Waals surface area contributed by atoms with Crippen molar-refractivity contribution in [2.24, 2.45) is 5.10 Å². The third-order valence-corrected chi connectivity index (χ3v) is 5.58. The molecular formula is C21H18N4O4S. The molecule has 0 saturated heterocycles. The Hall–Kier alpha value is -3.72. The van der Waals surface area contributed by atoms with E-state index in [4.69, 9.17) is 13.9 Å². The van der Waals surface area contributed by atoms with Gasteiger partial charge in [-0.3, -0.25) is 5.43 Å². The van der Waals surface area contributed by atoms with Gasteiger partial charge < -0.3 is 13.9 Å². The fourth-order valence-corrected chi connectivity index (χ4v) is 3.83. The first-order valence-electron chi connectivity index (χ1n) is 9.00. The molecule has 1 aromatic carbocycles. The summed E-state index contributed by atoms with van der Waals surface area (Å²) in [6.07, 6.45) is 4.55. The molecule has 8 nitrogen and oxygen atoms in total. The Balaban J connectivity index is 1.51. The molecule has 1 N–H and O–H groups in total. The van der Waals surface area contributed by atoms with Gasteiger partial charge in [0.15, 0.2) is 17.3 Å². The average molecular weight is 422 g/mol. The smallest absolute Gasteiger partial charge is 0.379 e. The SMILES string of the molecule is COc1cc(/C=N\Nc2ncnc3sc(C)c(C)c23)ccc1OC(=O)c1ccco1. The summed E-state index contributed by atoms with van der Waals surface area (Å²) in [5, 5.41) is 5.25. The summed E-state index contributed by atoms with van der Waals surface area (Å²) in [7, 11) is 1.50. The number of fused-ring (bicyclic) bond motifs is 1. The third kappa shape index (κ3) is 3.87. The van der Waals surface area contributed by atoms with Gasteiger partial charge in [0.05, 0.1) is 25.0 Å². The van der Waals surface area contributed by atoms with Gasteiger partial charge in [-0.25, -0.2) is 14.8 Å². The second-order valence-electron chi connectivity index (χ2n) is 6.33. The van der Waals surface area contributed by atoms with Crippen LogP contribution in [0.5, 0.6) is 11.5 Å². The van der Waals surface area contributed by atoms with Crippen LogP contribution in [-0.2, 0) is 0 Å². The quantitative estimate of drug-likeness (QED) is 0.210. The summed E-state index contributed by atoms with van der Waals surface area (Å²) in [5.74, 6) is 0.838. The second-order valence-corrected chi connectivity index (χ2v) is 7.54. The van der Waals surface area contributed by atoms with Gasteiger partial charge in [0, 0.05) is 4.88 Å². The average Bonchev–Trinajstić information content (AvgIpc) is 3.38. The van der Waals surface area contributed by atoms with Crippen molar-refractivity contribution >= 4 is 39.6 Å². The van der Waals surface area contributed by atoms with Crippen LogP contribution in [0.25, 0.3) is 10.2 Å². The fraction of sp³-hybridized carbons (Fsp3) is 0.143. The number of hydrogen-bond acceptors (Lipinski definition) is 9. The normalized spacial score (nSPS) is 11.2. The Morgan fingerprint density at radius 2 is 2.10 bits per heavy atom. The number of thiophene rings is 1. The number of hydrazone groups is 1. The van der Waals surface area contributed by atoms with E-state index in [9.17, 15) is 4.79 Å². The van der Waals surface area contributed by atoms with Gasteiger partial charge in [-0.2, -0.15) is 5.10 Å². The molecule has 30 heavy (non-hydrogen) atoms. The summed E-state index contributed by atoms with van der Waals surface area (Å²) >= 11 is 1.63. The second kappa shape index (κ2) is 8.34. The minimum Gasteiger partial charge on any atom is -0.493 e. The molecule has 0 aliphatic heterocycles. The van der Waals surface area contributed by atoms with E-state index in [0.717, 1.165) is 21.3 Å². The molecule has 9 heteroatoms. The monoisotopic (exact) mass is 422 g/mol. The molecule has 3 aromatic heterocycles. The van der Waals surface area contributed by atoms with Gasteiger partial charge in [0.25, 0.3) is 0 Å². The maximum atomic E-state index is 12.1. The molecule has 0 saturated carbocycles. The van der Waals surface area contributed by atoms with Crippen molar-refractivity contribution in [2.75, 3.05) is 12.5 Å². The van der Waals surface area contributed by atoms with Crippen molar-refractivity contribution in [3.05, 3.63) is 64.7 Å². The first-order chi connectivity index (χ1) is 14.6. The van der Waals surface area contributed by atoms with Crippen LogP contribution in [0.4, 0.5) is 5.82 Å². The minimum atomic E-state index is -0.601. The number of rotatable bonds is 6. The van der Waals surface area contributed by atoms with E-state index >= 15 is 0 Å². The van der Waals surface area contributed by atoms with Gasteiger partial charge in [-0.15, -0.1) is 11.3 Å². The Labute approximate surface area is 176 Å². The number of nitrogens with one attached hydrogen (secondary N) is 1. The van der Waals surface area contributed by atoms with Crippen LogP contribution in [0.1, 0.15) is 26.6 Å². The predicted molar refractivity (Wildman–Crippen MR) is 115 cm³/mol. The van der Waals surface area contributed by atoms with Gasteiger partial charge >= 0.3 is 5.97 Å². The van der Waals surface area contributed by atoms with Crippen molar-refractivity contribution < 1.29 is 18.7 Å². The zero-order chi connectivity index (χ0) is 21.1. The molecule has 0 fully saturated rings. The van der Waals surface area contributed by atoms with Gasteiger partial charge in [0.1, 0.15) is 11.2 Å². The number of ether oxygens (including phenoxy) is 2. The van der Waals surface area contributed by atoms with Crippen molar-refractivity contribution in [2.45, 2.75) is 13.8 Å². The van der Waals surface area contributed by atoms with Crippen molar-refractivity contribution in [1.29, 1.82) is 0 Å².